The van der Waals surface area contributed by atoms with Crippen LogP contribution in [0.4, 0.5) is 0 Å². The number of hydrogen-bond acceptors (Lipinski definition) is 4. The van der Waals surface area contributed by atoms with E-state index < -0.39 is 28.0 Å². The monoisotopic (exact) mass is 702 g/mol. The molecule has 0 fully saturated rings. The summed E-state index contributed by atoms with van der Waals surface area (Å²) in [5.41, 5.74) is 0. The van der Waals surface area contributed by atoms with Crippen LogP contribution in [0.3, 0.4) is 0 Å². The van der Waals surface area contributed by atoms with Crippen molar-refractivity contribution in [3.63, 3.8) is 0 Å². The van der Waals surface area contributed by atoms with E-state index in [0.717, 1.165) is 38.5 Å². The van der Waals surface area contributed by atoms with Gasteiger partial charge in [-0.25, -0.2) is 0 Å². The Bertz CT molecular complexity index is 775. The number of amides is 1. The van der Waals surface area contributed by atoms with Gasteiger partial charge in [0, 0.05) is 6.42 Å². The van der Waals surface area contributed by atoms with E-state index >= 15 is 0 Å². The fourth-order valence-corrected chi connectivity index (χ4v) is 7.63. The van der Waals surface area contributed by atoms with Crippen LogP contribution in [0.5, 0.6) is 0 Å². The second-order valence-corrected chi connectivity index (χ2v) is 16.5. The predicted octanol–water partition coefficient (Wildman–Crippen LogP) is 12.4. The number of carbonyl (C=O) groups excluding carboxylic acids is 1. The summed E-state index contributed by atoms with van der Waals surface area (Å²) in [6.45, 7) is 4.53. The van der Waals surface area contributed by atoms with Crippen LogP contribution in [0.1, 0.15) is 239 Å². The molecule has 0 aliphatic carbocycles. The fourth-order valence-electron chi connectivity index (χ4n) is 6.87. The third-order valence-corrected chi connectivity index (χ3v) is 10.8. The standard InChI is InChI=1S/C41H83NO5S/c1-3-5-7-9-11-13-15-17-18-19-20-21-22-23-24-25-26-28-30-32-34-36-40(43)39(38-48(45,46)47)42-41(44)37-35-33-31-29-27-16-14-12-10-8-6-4-2/h39-40,43H,3-38H2,1-2H3,(H,42,44)(H,45,46,47). The first-order chi connectivity index (χ1) is 23.3. The lowest BCUT2D eigenvalue weighted by molar-refractivity contribution is -0.122. The normalized spacial score (nSPS) is 13.2. The van der Waals surface area contributed by atoms with E-state index in [9.17, 15) is 22.9 Å². The molecule has 0 bridgehead atoms. The number of rotatable bonds is 39. The zero-order valence-corrected chi connectivity index (χ0v) is 33.0. The van der Waals surface area contributed by atoms with Crippen LogP contribution < -0.4 is 5.32 Å². The lowest BCUT2D eigenvalue weighted by atomic mass is 10.0. The molecule has 0 aromatic heterocycles. The highest BCUT2D eigenvalue weighted by Crippen LogP contribution is 2.17. The van der Waals surface area contributed by atoms with Gasteiger partial charge in [0.15, 0.2) is 0 Å². The van der Waals surface area contributed by atoms with Crippen molar-refractivity contribution in [2.24, 2.45) is 0 Å². The minimum absolute atomic E-state index is 0.242. The number of aliphatic hydroxyl groups is 1. The summed E-state index contributed by atoms with van der Waals surface area (Å²) in [7, 11) is -4.30. The first-order valence-corrected chi connectivity index (χ1v) is 22.8. The van der Waals surface area contributed by atoms with Crippen LogP contribution in [-0.4, -0.2) is 41.9 Å². The lowest BCUT2D eigenvalue weighted by Gasteiger charge is -2.23. The highest BCUT2D eigenvalue weighted by atomic mass is 32.2. The second-order valence-electron chi connectivity index (χ2n) is 15.0. The summed E-state index contributed by atoms with van der Waals surface area (Å²) in [4.78, 5) is 12.5. The minimum atomic E-state index is -4.30. The molecule has 48 heavy (non-hydrogen) atoms. The largest absolute Gasteiger partial charge is 0.391 e. The maximum atomic E-state index is 12.5. The van der Waals surface area contributed by atoms with Gasteiger partial charge in [-0.15, -0.1) is 0 Å². The van der Waals surface area contributed by atoms with Gasteiger partial charge in [-0.05, 0) is 12.8 Å². The van der Waals surface area contributed by atoms with E-state index in [0.29, 0.717) is 12.8 Å². The number of unbranched alkanes of at least 4 members (excludes halogenated alkanes) is 31. The molecule has 0 aliphatic heterocycles. The summed E-state index contributed by atoms with van der Waals surface area (Å²) in [5, 5.41) is 13.4. The van der Waals surface area contributed by atoms with Gasteiger partial charge < -0.3 is 10.4 Å². The maximum Gasteiger partial charge on any atom is 0.266 e. The van der Waals surface area contributed by atoms with Gasteiger partial charge >= 0.3 is 0 Å². The first kappa shape index (κ1) is 47.3. The van der Waals surface area contributed by atoms with Crippen LogP contribution in [-0.2, 0) is 14.9 Å². The highest BCUT2D eigenvalue weighted by Gasteiger charge is 2.26. The molecule has 0 spiro atoms. The summed E-state index contributed by atoms with van der Waals surface area (Å²) in [6.07, 6.45) is 42.0. The van der Waals surface area contributed by atoms with Gasteiger partial charge in [-0.3, -0.25) is 9.35 Å². The van der Waals surface area contributed by atoms with E-state index in [4.69, 9.17) is 0 Å². The average molecular weight is 702 g/mol. The van der Waals surface area contributed by atoms with Crippen LogP contribution >= 0.6 is 0 Å². The maximum absolute atomic E-state index is 12.5. The Morgan fingerprint density at radius 3 is 1.04 bits per heavy atom. The molecule has 0 aliphatic rings. The predicted molar refractivity (Wildman–Crippen MR) is 207 cm³/mol. The van der Waals surface area contributed by atoms with Gasteiger partial charge in [-0.2, -0.15) is 8.42 Å². The van der Waals surface area contributed by atoms with Crippen LogP contribution in [0.15, 0.2) is 0 Å². The molecule has 3 N–H and O–H groups in total. The Morgan fingerprint density at radius 2 is 0.750 bits per heavy atom. The Kier molecular flexibility index (Phi) is 35.6. The Morgan fingerprint density at radius 1 is 0.479 bits per heavy atom. The summed E-state index contributed by atoms with van der Waals surface area (Å²) < 4.78 is 32.5. The van der Waals surface area contributed by atoms with Crippen molar-refractivity contribution in [1.82, 2.24) is 5.32 Å². The van der Waals surface area contributed by atoms with Crippen molar-refractivity contribution in [3.05, 3.63) is 0 Å². The van der Waals surface area contributed by atoms with E-state index in [1.807, 2.05) is 0 Å². The molecular weight excluding hydrogens is 619 g/mol. The number of aliphatic hydroxyl groups excluding tert-OH is 1. The quantitative estimate of drug-likeness (QED) is 0.0437. The number of hydrogen-bond donors (Lipinski definition) is 3. The van der Waals surface area contributed by atoms with Gasteiger partial charge in [-0.1, -0.05) is 219 Å². The van der Waals surface area contributed by atoms with Gasteiger partial charge in [0.05, 0.1) is 17.9 Å². The molecular formula is C41H83NO5S. The minimum Gasteiger partial charge on any atom is -0.391 e. The molecule has 6 nitrogen and oxygen atoms in total. The van der Waals surface area contributed by atoms with Crippen LogP contribution in [0.25, 0.3) is 0 Å². The molecule has 288 valence electrons. The number of carbonyl (C=O) groups is 1. The van der Waals surface area contributed by atoms with Gasteiger partial charge in [0.1, 0.15) is 0 Å². The van der Waals surface area contributed by atoms with Crippen molar-refractivity contribution < 1.29 is 22.9 Å². The third-order valence-electron chi connectivity index (χ3n) is 10.1. The zero-order chi connectivity index (χ0) is 35.4. The first-order valence-electron chi connectivity index (χ1n) is 21.2. The lowest BCUT2D eigenvalue weighted by Crippen LogP contribution is -2.47. The Labute approximate surface area is 299 Å². The third kappa shape index (κ3) is 36.6. The highest BCUT2D eigenvalue weighted by molar-refractivity contribution is 7.85. The fraction of sp³-hybridized carbons (Fsp3) is 0.976. The molecule has 0 radical (unpaired) electrons. The van der Waals surface area contributed by atoms with Crippen molar-refractivity contribution in [1.29, 1.82) is 0 Å². The Balaban J connectivity index is 3.76. The molecule has 7 heteroatoms. The van der Waals surface area contributed by atoms with Gasteiger partial charge in [0.2, 0.25) is 5.91 Å². The number of nitrogens with one attached hydrogen (secondary N) is 1. The molecule has 0 aromatic carbocycles. The molecule has 0 aromatic rings. The summed E-state index contributed by atoms with van der Waals surface area (Å²) in [5.74, 6) is -0.883. The average Bonchev–Trinajstić information content (AvgIpc) is 3.05. The smallest absolute Gasteiger partial charge is 0.266 e. The van der Waals surface area contributed by atoms with Crippen molar-refractivity contribution in [2.45, 2.75) is 251 Å². The second kappa shape index (κ2) is 36.1. The zero-order valence-electron chi connectivity index (χ0n) is 32.1. The molecule has 1 amide bonds. The van der Waals surface area contributed by atoms with E-state index in [1.165, 1.54) is 173 Å². The summed E-state index contributed by atoms with van der Waals surface area (Å²) in [6, 6.07) is -0.963. The van der Waals surface area contributed by atoms with E-state index in [1.54, 1.807) is 0 Å². The topological polar surface area (TPSA) is 104 Å². The van der Waals surface area contributed by atoms with Crippen molar-refractivity contribution >= 4 is 16.0 Å². The van der Waals surface area contributed by atoms with Crippen molar-refractivity contribution in [3.8, 4) is 0 Å². The van der Waals surface area contributed by atoms with Gasteiger partial charge in [0.25, 0.3) is 10.1 Å². The SMILES string of the molecule is CCCCCCCCCCCCCCCCCCCCCCCC(O)C(CS(=O)(=O)O)NC(=O)CCCCCCCCCCCCCC. The van der Waals surface area contributed by atoms with Crippen LogP contribution in [0, 0.1) is 0 Å². The molecule has 2 unspecified atom stereocenters. The molecule has 0 rings (SSSR count). The molecule has 0 saturated carbocycles. The summed E-state index contributed by atoms with van der Waals surface area (Å²) >= 11 is 0. The van der Waals surface area contributed by atoms with Crippen molar-refractivity contribution in [2.75, 3.05) is 5.75 Å². The molecule has 0 saturated heterocycles. The molecule has 0 heterocycles. The van der Waals surface area contributed by atoms with E-state index in [-0.39, 0.29) is 5.91 Å². The molecule has 2 atom stereocenters. The Hall–Kier alpha value is -0.660. The van der Waals surface area contributed by atoms with E-state index in [2.05, 4.69) is 19.2 Å². The van der Waals surface area contributed by atoms with Crippen LogP contribution in [0.2, 0.25) is 0 Å².